The molecule has 4 nitrogen and oxygen atoms in total. The zero-order valence-corrected chi connectivity index (χ0v) is 12.8. The predicted octanol–water partition coefficient (Wildman–Crippen LogP) is 2.21. The Balaban J connectivity index is 0.00000256. The number of aromatic nitrogens is 1. The monoisotopic (exact) mass is 348 g/mol. The first-order valence-electron chi connectivity index (χ1n) is 5.68. The maximum atomic E-state index is 5.72. The highest BCUT2D eigenvalue weighted by molar-refractivity contribution is 14.0. The van der Waals surface area contributed by atoms with Crippen molar-refractivity contribution in [3.05, 3.63) is 29.6 Å². The smallest absolute Gasteiger partial charge is 0.188 e. The summed E-state index contributed by atoms with van der Waals surface area (Å²) in [5, 5.41) is 3.07. The lowest BCUT2D eigenvalue weighted by molar-refractivity contribution is 0.747. The van der Waals surface area contributed by atoms with Gasteiger partial charge in [0.15, 0.2) is 5.96 Å². The van der Waals surface area contributed by atoms with E-state index in [9.17, 15) is 0 Å². The molecular weight excluding hydrogens is 327 g/mol. The molecular formula is C12H21IN4. The molecule has 0 spiro atoms. The molecule has 0 amide bonds. The Morgan fingerprint density at radius 1 is 1.53 bits per heavy atom. The summed E-state index contributed by atoms with van der Waals surface area (Å²) in [7, 11) is 0. The number of nitrogens with zero attached hydrogens (tertiary/aromatic N) is 2. The molecule has 0 saturated carbocycles. The summed E-state index contributed by atoms with van der Waals surface area (Å²) >= 11 is 0. The minimum absolute atomic E-state index is 0. The summed E-state index contributed by atoms with van der Waals surface area (Å²) in [4.78, 5) is 8.50. The van der Waals surface area contributed by atoms with E-state index in [4.69, 9.17) is 5.73 Å². The first kappa shape index (κ1) is 16.1. The molecule has 0 atom stereocenters. The Labute approximate surface area is 120 Å². The first-order valence-corrected chi connectivity index (χ1v) is 5.68. The average Bonchev–Trinajstić information content (AvgIpc) is 2.28. The van der Waals surface area contributed by atoms with E-state index in [1.807, 2.05) is 19.1 Å². The van der Waals surface area contributed by atoms with Crippen molar-refractivity contribution in [1.82, 2.24) is 10.3 Å². The number of aliphatic imine (C=N–C) groups is 1. The molecule has 0 aromatic carbocycles. The Hall–Kier alpha value is -0.850. The van der Waals surface area contributed by atoms with Crippen LogP contribution in [-0.4, -0.2) is 17.5 Å². The number of nitrogens with two attached hydrogens (primary N) is 1. The summed E-state index contributed by atoms with van der Waals surface area (Å²) in [5.41, 5.74) is 7.84. The van der Waals surface area contributed by atoms with E-state index in [1.165, 1.54) is 0 Å². The van der Waals surface area contributed by atoms with E-state index >= 15 is 0 Å². The van der Waals surface area contributed by atoms with Gasteiger partial charge in [0.25, 0.3) is 0 Å². The summed E-state index contributed by atoms with van der Waals surface area (Å²) in [5.74, 6) is 0.499. The number of hydrogen-bond donors (Lipinski definition) is 2. The second kappa shape index (κ2) is 9.21. The lowest BCUT2D eigenvalue weighted by atomic mass is 10.2. The van der Waals surface area contributed by atoms with Crippen LogP contribution in [0.25, 0.3) is 0 Å². The summed E-state index contributed by atoms with van der Waals surface area (Å²) in [6, 6.07) is 3.95. The van der Waals surface area contributed by atoms with Crippen molar-refractivity contribution in [2.24, 2.45) is 10.7 Å². The van der Waals surface area contributed by atoms with Gasteiger partial charge in [-0.3, -0.25) is 4.98 Å². The van der Waals surface area contributed by atoms with E-state index in [1.54, 1.807) is 6.20 Å². The van der Waals surface area contributed by atoms with Crippen molar-refractivity contribution < 1.29 is 0 Å². The first-order chi connectivity index (χ1) is 7.74. The van der Waals surface area contributed by atoms with Crippen molar-refractivity contribution in [2.75, 3.05) is 6.54 Å². The zero-order valence-electron chi connectivity index (χ0n) is 10.4. The van der Waals surface area contributed by atoms with Gasteiger partial charge in [-0.1, -0.05) is 19.4 Å². The van der Waals surface area contributed by atoms with Crippen LogP contribution >= 0.6 is 24.0 Å². The second-order valence-electron chi connectivity index (χ2n) is 3.75. The molecule has 1 aromatic rings. The third-order valence-electron chi connectivity index (χ3n) is 2.35. The van der Waals surface area contributed by atoms with E-state index in [0.29, 0.717) is 12.5 Å². The highest BCUT2D eigenvalue weighted by Crippen LogP contribution is 2.03. The average molecular weight is 348 g/mol. The quantitative estimate of drug-likeness (QED) is 0.371. The largest absolute Gasteiger partial charge is 0.370 e. The van der Waals surface area contributed by atoms with Crippen LogP contribution in [0.4, 0.5) is 0 Å². The maximum Gasteiger partial charge on any atom is 0.188 e. The molecule has 0 aliphatic carbocycles. The van der Waals surface area contributed by atoms with Crippen molar-refractivity contribution in [3.63, 3.8) is 0 Å². The van der Waals surface area contributed by atoms with Gasteiger partial charge in [-0.25, -0.2) is 4.99 Å². The number of rotatable bonds is 5. The highest BCUT2D eigenvalue weighted by Gasteiger charge is 1.97. The fourth-order valence-corrected chi connectivity index (χ4v) is 1.29. The molecule has 0 aliphatic heterocycles. The van der Waals surface area contributed by atoms with Gasteiger partial charge in [-0.2, -0.15) is 0 Å². The van der Waals surface area contributed by atoms with E-state index in [2.05, 4.69) is 22.2 Å². The number of hydrogen-bond acceptors (Lipinski definition) is 2. The molecule has 0 saturated heterocycles. The standard InChI is InChI=1S/C12H20N4.HI/c1-3-4-7-15-12(13)16-9-11-10(2)6-5-8-14-11;/h5-6,8H,3-4,7,9H2,1-2H3,(H3,13,15,16);1H. The van der Waals surface area contributed by atoms with Crippen LogP contribution in [-0.2, 0) is 6.54 Å². The van der Waals surface area contributed by atoms with Crippen LogP contribution < -0.4 is 11.1 Å². The van der Waals surface area contributed by atoms with Gasteiger partial charge in [0, 0.05) is 12.7 Å². The number of unbranched alkanes of at least 4 members (excludes halogenated alkanes) is 1. The van der Waals surface area contributed by atoms with E-state index < -0.39 is 0 Å². The van der Waals surface area contributed by atoms with Gasteiger partial charge >= 0.3 is 0 Å². The molecule has 0 bridgehead atoms. The van der Waals surface area contributed by atoms with Crippen LogP contribution in [0.3, 0.4) is 0 Å². The molecule has 96 valence electrons. The minimum Gasteiger partial charge on any atom is -0.370 e. The van der Waals surface area contributed by atoms with Crippen LogP contribution in [0, 0.1) is 6.92 Å². The molecule has 5 heteroatoms. The SMILES string of the molecule is CCCCNC(N)=NCc1ncccc1C.I. The van der Waals surface area contributed by atoms with Crippen molar-refractivity contribution in [2.45, 2.75) is 33.2 Å². The molecule has 1 aromatic heterocycles. The van der Waals surface area contributed by atoms with E-state index in [-0.39, 0.29) is 24.0 Å². The molecule has 0 fully saturated rings. The van der Waals surface area contributed by atoms with Gasteiger partial charge in [0.1, 0.15) is 0 Å². The van der Waals surface area contributed by atoms with Crippen LogP contribution in [0.1, 0.15) is 31.0 Å². The maximum absolute atomic E-state index is 5.72. The Morgan fingerprint density at radius 3 is 2.94 bits per heavy atom. The minimum atomic E-state index is 0. The molecule has 0 aliphatic rings. The van der Waals surface area contributed by atoms with Gasteiger partial charge in [0.2, 0.25) is 0 Å². The fraction of sp³-hybridized carbons (Fsp3) is 0.500. The summed E-state index contributed by atoms with van der Waals surface area (Å²) in [6.45, 7) is 5.59. The van der Waals surface area contributed by atoms with Crippen LogP contribution in [0.5, 0.6) is 0 Å². The van der Waals surface area contributed by atoms with Crippen LogP contribution in [0.15, 0.2) is 23.3 Å². The van der Waals surface area contributed by atoms with Crippen molar-refractivity contribution in [1.29, 1.82) is 0 Å². The number of guanidine groups is 1. The Morgan fingerprint density at radius 2 is 2.29 bits per heavy atom. The number of nitrogens with one attached hydrogen (secondary N) is 1. The lowest BCUT2D eigenvalue weighted by Gasteiger charge is -2.05. The van der Waals surface area contributed by atoms with Crippen molar-refractivity contribution >= 4 is 29.9 Å². The number of pyridine rings is 1. The fourth-order valence-electron chi connectivity index (χ4n) is 1.29. The van der Waals surface area contributed by atoms with Crippen LogP contribution in [0.2, 0.25) is 0 Å². The van der Waals surface area contributed by atoms with Crippen molar-refractivity contribution in [3.8, 4) is 0 Å². The van der Waals surface area contributed by atoms with Gasteiger partial charge in [0.05, 0.1) is 12.2 Å². The van der Waals surface area contributed by atoms with Gasteiger partial charge in [-0.15, -0.1) is 24.0 Å². The highest BCUT2D eigenvalue weighted by atomic mass is 127. The molecule has 0 unspecified atom stereocenters. The normalized spacial score (nSPS) is 10.8. The Kier molecular flexibility index (Phi) is 8.75. The summed E-state index contributed by atoms with van der Waals surface area (Å²) in [6.07, 6.45) is 4.04. The second-order valence-corrected chi connectivity index (χ2v) is 3.75. The van der Waals surface area contributed by atoms with E-state index in [0.717, 1.165) is 30.6 Å². The summed E-state index contributed by atoms with van der Waals surface area (Å²) < 4.78 is 0. The third-order valence-corrected chi connectivity index (χ3v) is 2.35. The Bertz CT molecular complexity index is 352. The zero-order chi connectivity index (χ0) is 11.8. The molecule has 17 heavy (non-hydrogen) atoms. The predicted molar refractivity (Wildman–Crippen MR) is 82.6 cm³/mol. The van der Waals surface area contributed by atoms with Gasteiger partial charge < -0.3 is 11.1 Å². The molecule has 3 N–H and O–H groups in total. The number of aryl methyl sites for hydroxylation is 1. The number of halogens is 1. The third kappa shape index (κ3) is 6.45. The topological polar surface area (TPSA) is 63.3 Å². The lowest BCUT2D eigenvalue weighted by Crippen LogP contribution is -2.32. The molecule has 1 rings (SSSR count). The molecule has 1 heterocycles. The van der Waals surface area contributed by atoms with Gasteiger partial charge in [-0.05, 0) is 25.0 Å². The molecule has 0 radical (unpaired) electrons.